The summed E-state index contributed by atoms with van der Waals surface area (Å²) in [4.78, 5) is 4.46. The third-order valence-corrected chi connectivity index (χ3v) is 3.57. The van der Waals surface area contributed by atoms with Crippen LogP contribution in [0.15, 0.2) is 24.3 Å². The van der Waals surface area contributed by atoms with E-state index in [1.807, 2.05) is 32.0 Å². The second kappa shape index (κ2) is 6.33. The molecule has 2 aromatic rings. The largest absolute Gasteiger partial charge is 0.392 e. The summed E-state index contributed by atoms with van der Waals surface area (Å²) in [6.07, 6.45) is 0.435. The number of halogens is 1. The summed E-state index contributed by atoms with van der Waals surface area (Å²) >= 11 is 6.21. The molecule has 19 heavy (non-hydrogen) atoms. The van der Waals surface area contributed by atoms with E-state index in [4.69, 9.17) is 11.6 Å². The summed E-state index contributed by atoms with van der Waals surface area (Å²) in [6.45, 7) is 5.17. The number of aliphatic hydroxyl groups is 1. The van der Waals surface area contributed by atoms with Crippen LogP contribution in [0.5, 0.6) is 0 Å². The van der Waals surface area contributed by atoms with Crippen LogP contribution in [-0.2, 0) is 6.54 Å². The molecule has 0 aliphatic carbocycles. The van der Waals surface area contributed by atoms with Crippen LogP contribution in [0.4, 0.5) is 0 Å². The number of pyridine rings is 1. The fourth-order valence-electron chi connectivity index (χ4n) is 2.01. The minimum Gasteiger partial charge on any atom is -0.392 e. The van der Waals surface area contributed by atoms with Gasteiger partial charge >= 0.3 is 0 Å². The number of nitrogens with one attached hydrogen (secondary N) is 1. The van der Waals surface area contributed by atoms with Crippen molar-refractivity contribution in [2.45, 2.75) is 32.9 Å². The molecule has 2 rings (SSSR count). The molecule has 0 saturated heterocycles. The summed E-state index contributed by atoms with van der Waals surface area (Å²) in [5.74, 6) is 0. The molecule has 3 nitrogen and oxygen atoms in total. The SMILES string of the molecule is CC[C@@H](O)CNCc1cc2cccc(C)c2nc1Cl. The molecule has 0 bridgehead atoms. The first-order valence-electron chi connectivity index (χ1n) is 6.55. The van der Waals surface area contributed by atoms with E-state index in [2.05, 4.69) is 16.4 Å². The van der Waals surface area contributed by atoms with E-state index in [0.717, 1.165) is 28.5 Å². The lowest BCUT2D eigenvalue weighted by atomic mass is 10.1. The summed E-state index contributed by atoms with van der Waals surface area (Å²) in [5.41, 5.74) is 3.04. The molecule has 4 heteroatoms. The molecule has 1 aromatic heterocycles. The molecule has 1 atom stereocenters. The summed E-state index contributed by atoms with van der Waals surface area (Å²) in [7, 11) is 0. The maximum Gasteiger partial charge on any atom is 0.134 e. The number of aliphatic hydroxyl groups excluding tert-OH is 1. The molecule has 0 saturated carbocycles. The molecule has 0 aliphatic rings. The summed E-state index contributed by atoms with van der Waals surface area (Å²) in [5, 5.41) is 14.3. The Morgan fingerprint density at radius 3 is 2.95 bits per heavy atom. The quantitative estimate of drug-likeness (QED) is 0.827. The van der Waals surface area contributed by atoms with Gasteiger partial charge < -0.3 is 10.4 Å². The van der Waals surface area contributed by atoms with Crippen molar-refractivity contribution >= 4 is 22.5 Å². The molecular formula is C15H19ClN2O. The first kappa shape index (κ1) is 14.3. The van der Waals surface area contributed by atoms with Gasteiger partial charge in [-0.3, -0.25) is 0 Å². The lowest BCUT2D eigenvalue weighted by molar-refractivity contribution is 0.167. The van der Waals surface area contributed by atoms with Crippen molar-refractivity contribution in [3.63, 3.8) is 0 Å². The van der Waals surface area contributed by atoms with E-state index in [9.17, 15) is 5.11 Å². The second-order valence-electron chi connectivity index (χ2n) is 4.78. The highest BCUT2D eigenvalue weighted by Gasteiger charge is 2.07. The van der Waals surface area contributed by atoms with Gasteiger partial charge in [0, 0.05) is 24.0 Å². The Bertz CT molecular complexity index is 571. The molecule has 0 unspecified atom stereocenters. The maximum absolute atomic E-state index is 9.50. The molecule has 0 aliphatic heterocycles. The summed E-state index contributed by atoms with van der Waals surface area (Å²) < 4.78 is 0. The molecule has 0 amide bonds. The highest BCUT2D eigenvalue weighted by Crippen LogP contribution is 2.22. The van der Waals surface area contributed by atoms with E-state index in [0.29, 0.717) is 18.2 Å². The lowest BCUT2D eigenvalue weighted by Crippen LogP contribution is -2.25. The van der Waals surface area contributed by atoms with Crippen molar-refractivity contribution in [2.24, 2.45) is 0 Å². The van der Waals surface area contributed by atoms with Gasteiger partial charge in [0.1, 0.15) is 5.15 Å². The van der Waals surface area contributed by atoms with Crippen molar-refractivity contribution in [3.8, 4) is 0 Å². The zero-order chi connectivity index (χ0) is 13.8. The number of rotatable bonds is 5. The van der Waals surface area contributed by atoms with Gasteiger partial charge in [0.15, 0.2) is 0 Å². The smallest absolute Gasteiger partial charge is 0.134 e. The Labute approximate surface area is 118 Å². The second-order valence-corrected chi connectivity index (χ2v) is 5.14. The maximum atomic E-state index is 9.50. The number of para-hydroxylation sites is 1. The van der Waals surface area contributed by atoms with Gasteiger partial charge in [-0.25, -0.2) is 4.98 Å². The van der Waals surface area contributed by atoms with Crippen molar-refractivity contribution in [3.05, 3.63) is 40.5 Å². The number of nitrogens with zero attached hydrogens (tertiary/aromatic N) is 1. The Kier molecular flexibility index (Phi) is 4.75. The fraction of sp³-hybridized carbons (Fsp3) is 0.400. The zero-order valence-electron chi connectivity index (χ0n) is 11.3. The molecule has 0 fully saturated rings. The molecule has 1 heterocycles. The van der Waals surface area contributed by atoms with Crippen molar-refractivity contribution in [1.82, 2.24) is 10.3 Å². The Morgan fingerprint density at radius 2 is 2.21 bits per heavy atom. The van der Waals surface area contributed by atoms with Crippen LogP contribution in [-0.4, -0.2) is 22.7 Å². The number of hydrogen-bond acceptors (Lipinski definition) is 3. The number of benzene rings is 1. The normalized spacial score (nSPS) is 12.8. The third-order valence-electron chi connectivity index (χ3n) is 3.24. The van der Waals surface area contributed by atoms with Crippen LogP contribution in [0.1, 0.15) is 24.5 Å². The number of fused-ring (bicyclic) bond motifs is 1. The zero-order valence-corrected chi connectivity index (χ0v) is 12.0. The third kappa shape index (κ3) is 3.44. The van der Waals surface area contributed by atoms with E-state index < -0.39 is 0 Å². The van der Waals surface area contributed by atoms with Crippen LogP contribution in [0.25, 0.3) is 10.9 Å². The van der Waals surface area contributed by atoms with Crippen molar-refractivity contribution in [2.75, 3.05) is 6.54 Å². The van der Waals surface area contributed by atoms with Gasteiger partial charge in [-0.1, -0.05) is 36.7 Å². The average molecular weight is 279 g/mol. The molecule has 102 valence electrons. The molecule has 0 radical (unpaired) electrons. The monoisotopic (exact) mass is 278 g/mol. The number of aromatic nitrogens is 1. The molecule has 1 aromatic carbocycles. The number of hydrogen-bond donors (Lipinski definition) is 2. The highest BCUT2D eigenvalue weighted by atomic mass is 35.5. The first-order valence-corrected chi connectivity index (χ1v) is 6.93. The Morgan fingerprint density at radius 1 is 1.42 bits per heavy atom. The standard InChI is InChI=1S/C15H19ClN2O/c1-3-13(19)9-17-8-12-7-11-6-4-5-10(2)14(11)18-15(12)16/h4-7,13,17,19H,3,8-9H2,1-2H3/t13-/m1/s1. The van der Waals surface area contributed by atoms with Crippen LogP contribution < -0.4 is 5.32 Å². The minimum absolute atomic E-state index is 0.311. The van der Waals surface area contributed by atoms with Crippen LogP contribution in [0.2, 0.25) is 5.15 Å². The van der Waals surface area contributed by atoms with Crippen molar-refractivity contribution in [1.29, 1.82) is 0 Å². The predicted octanol–water partition coefficient (Wildman–Crippen LogP) is 3.06. The van der Waals surface area contributed by atoms with Crippen LogP contribution in [0.3, 0.4) is 0 Å². The van der Waals surface area contributed by atoms with Gasteiger partial charge in [0.2, 0.25) is 0 Å². The fourth-order valence-corrected chi connectivity index (χ4v) is 2.22. The van der Waals surface area contributed by atoms with Crippen LogP contribution >= 0.6 is 11.6 Å². The average Bonchev–Trinajstić information content (AvgIpc) is 2.40. The Balaban J connectivity index is 2.17. The lowest BCUT2D eigenvalue weighted by Gasteiger charge is -2.11. The Hall–Kier alpha value is -1.16. The number of aryl methyl sites for hydroxylation is 1. The van der Waals surface area contributed by atoms with Gasteiger partial charge in [0.25, 0.3) is 0 Å². The molecule has 0 spiro atoms. The van der Waals surface area contributed by atoms with E-state index in [1.165, 1.54) is 0 Å². The van der Waals surface area contributed by atoms with Gasteiger partial charge in [0.05, 0.1) is 11.6 Å². The van der Waals surface area contributed by atoms with E-state index in [-0.39, 0.29) is 6.10 Å². The van der Waals surface area contributed by atoms with Crippen LogP contribution in [0, 0.1) is 6.92 Å². The van der Waals surface area contributed by atoms with Gasteiger partial charge in [-0.15, -0.1) is 0 Å². The van der Waals surface area contributed by atoms with Gasteiger partial charge in [-0.2, -0.15) is 0 Å². The molecular weight excluding hydrogens is 260 g/mol. The first-order chi connectivity index (χ1) is 9.11. The van der Waals surface area contributed by atoms with Gasteiger partial charge in [-0.05, 0) is 25.0 Å². The summed E-state index contributed by atoms with van der Waals surface area (Å²) in [6, 6.07) is 8.14. The van der Waals surface area contributed by atoms with E-state index in [1.54, 1.807) is 0 Å². The van der Waals surface area contributed by atoms with Crippen molar-refractivity contribution < 1.29 is 5.11 Å². The topological polar surface area (TPSA) is 45.1 Å². The molecule has 2 N–H and O–H groups in total. The predicted molar refractivity (Wildman–Crippen MR) is 79.5 cm³/mol. The van der Waals surface area contributed by atoms with E-state index >= 15 is 0 Å². The minimum atomic E-state index is -0.311. The highest BCUT2D eigenvalue weighted by molar-refractivity contribution is 6.30.